The molecule has 0 spiro atoms. The normalized spacial score (nSPS) is 12.6. The highest BCUT2D eigenvalue weighted by atomic mass is 16.1. The van der Waals surface area contributed by atoms with Crippen LogP contribution in [0.2, 0.25) is 0 Å². The molecule has 1 atom stereocenters. The van der Waals surface area contributed by atoms with Gasteiger partial charge in [0, 0.05) is 0 Å². The zero-order valence-corrected chi connectivity index (χ0v) is 11.3. The second-order valence-corrected chi connectivity index (χ2v) is 5.06. The average Bonchev–Trinajstić information content (AvgIpc) is 2.87. The molecule has 0 amide bonds. The van der Waals surface area contributed by atoms with Crippen LogP contribution in [0.15, 0.2) is 42.6 Å². The molecular weight excluding hydrogens is 238 g/mol. The van der Waals surface area contributed by atoms with E-state index in [2.05, 4.69) is 18.9 Å². The average molecular weight is 257 g/mol. The smallest absolute Gasteiger partial charge is 0.197 e. The van der Waals surface area contributed by atoms with Gasteiger partial charge in [0.15, 0.2) is 5.78 Å². The van der Waals surface area contributed by atoms with E-state index in [0.29, 0.717) is 18.0 Å². The first-order valence-electron chi connectivity index (χ1n) is 6.49. The number of benzene rings is 1. The monoisotopic (exact) mass is 257 g/mol. The molecule has 4 nitrogen and oxygen atoms in total. The summed E-state index contributed by atoms with van der Waals surface area (Å²) in [6.07, 6.45) is 2.31. The number of carbonyl (C=O) groups is 1. The van der Waals surface area contributed by atoms with Crippen molar-refractivity contribution in [2.24, 2.45) is 11.7 Å². The summed E-state index contributed by atoms with van der Waals surface area (Å²) >= 11 is 0. The Bertz CT molecular complexity index is 546. The van der Waals surface area contributed by atoms with Gasteiger partial charge in [0.1, 0.15) is 5.69 Å². The minimum atomic E-state index is -0.473. The fourth-order valence-corrected chi connectivity index (χ4v) is 2.07. The number of nitrogens with zero attached hydrogens (tertiary/aromatic N) is 2. The number of para-hydroxylation sites is 1. The second kappa shape index (κ2) is 5.80. The Labute approximate surface area is 113 Å². The van der Waals surface area contributed by atoms with Crippen LogP contribution in [-0.2, 0) is 0 Å². The molecule has 0 aliphatic carbocycles. The SMILES string of the molecule is CC(C)CC(N)C(=O)c1ccnn1-c1ccccc1. The van der Waals surface area contributed by atoms with Crippen molar-refractivity contribution in [3.05, 3.63) is 48.3 Å². The standard InChI is InChI=1S/C15H19N3O/c1-11(2)10-13(16)15(19)14-8-9-17-18(14)12-6-4-3-5-7-12/h3-9,11,13H,10,16H2,1-2H3. The number of rotatable bonds is 5. The first-order chi connectivity index (χ1) is 9.09. The molecule has 1 unspecified atom stereocenters. The molecule has 1 aromatic heterocycles. The van der Waals surface area contributed by atoms with Crippen LogP contribution in [0.1, 0.15) is 30.8 Å². The molecule has 1 aromatic carbocycles. The predicted molar refractivity (Wildman–Crippen MR) is 75.3 cm³/mol. The third kappa shape index (κ3) is 3.09. The Morgan fingerprint density at radius 1 is 1.26 bits per heavy atom. The van der Waals surface area contributed by atoms with Gasteiger partial charge < -0.3 is 5.73 Å². The van der Waals surface area contributed by atoms with E-state index >= 15 is 0 Å². The summed E-state index contributed by atoms with van der Waals surface area (Å²) in [6.45, 7) is 4.11. The van der Waals surface area contributed by atoms with E-state index in [-0.39, 0.29) is 5.78 Å². The summed E-state index contributed by atoms with van der Waals surface area (Å²) in [5.74, 6) is 0.335. The largest absolute Gasteiger partial charge is 0.321 e. The Hall–Kier alpha value is -1.94. The maximum Gasteiger partial charge on any atom is 0.197 e. The summed E-state index contributed by atoms with van der Waals surface area (Å²) < 4.78 is 1.64. The molecule has 0 aliphatic rings. The quantitative estimate of drug-likeness (QED) is 0.837. The van der Waals surface area contributed by atoms with Crippen LogP contribution in [0.5, 0.6) is 0 Å². The molecule has 0 radical (unpaired) electrons. The molecule has 0 bridgehead atoms. The number of hydrogen-bond donors (Lipinski definition) is 1. The lowest BCUT2D eigenvalue weighted by atomic mass is 9.99. The molecule has 2 aromatic rings. The van der Waals surface area contributed by atoms with Gasteiger partial charge in [-0.1, -0.05) is 32.0 Å². The molecule has 0 saturated heterocycles. The highest BCUT2D eigenvalue weighted by molar-refractivity contribution is 5.98. The van der Waals surface area contributed by atoms with Gasteiger partial charge in [-0.05, 0) is 30.5 Å². The van der Waals surface area contributed by atoms with Gasteiger partial charge in [0.2, 0.25) is 0 Å². The molecule has 4 heteroatoms. The molecule has 0 fully saturated rings. The third-order valence-electron chi connectivity index (χ3n) is 2.96. The van der Waals surface area contributed by atoms with Crippen LogP contribution >= 0.6 is 0 Å². The summed E-state index contributed by atoms with van der Waals surface area (Å²) in [6, 6.07) is 10.8. The minimum absolute atomic E-state index is 0.0601. The highest BCUT2D eigenvalue weighted by Crippen LogP contribution is 2.14. The van der Waals surface area contributed by atoms with Crippen LogP contribution < -0.4 is 5.73 Å². The van der Waals surface area contributed by atoms with Gasteiger partial charge in [-0.25, -0.2) is 4.68 Å². The van der Waals surface area contributed by atoms with Crippen molar-refractivity contribution < 1.29 is 4.79 Å². The summed E-state index contributed by atoms with van der Waals surface area (Å²) in [5.41, 5.74) is 7.37. The topological polar surface area (TPSA) is 60.9 Å². The number of ketones is 1. The van der Waals surface area contributed by atoms with Crippen molar-refractivity contribution in [2.75, 3.05) is 0 Å². The fourth-order valence-electron chi connectivity index (χ4n) is 2.07. The fraction of sp³-hybridized carbons (Fsp3) is 0.333. The van der Waals surface area contributed by atoms with Gasteiger partial charge in [-0.2, -0.15) is 5.10 Å². The second-order valence-electron chi connectivity index (χ2n) is 5.06. The number of nitrogens with two attached hydrogens (primary N) is 1. The minimum Gasteiger partial charge on any atom is -0.321 e. The van der Waals surface area contributed by atoms with Crippen molar-refractivity contribution in [1.29, 1.82) is 0 Å². The lowest BCUT2D eigenvalue weighted by molar-refractivity contribution is 0.0943. The van der Waals surface area contributed by atoms with Crippen molar-refractivity contribution >= 4 is 5.78 Å². The van der Waals surface area contributed by atoms with Gasteiger partial charge in [0.25, 0.3) is 0 Å². The molecule has 2 rings (SSSR count). The highest BCUT2D eigenvalue weighted by Gasteiger charge is 2.21. The third-order valence-corrected chi connectivity index (χ3v) is 2.96. The number of aromatic nitrogens is 2. The van der Waals surface area contributed by atoms with Crippen LogP contribution in [0.3, 0.4) is 0 Å². The van der Waals surface area contributed by atoms with E-state index in [0.717, 1.165) is 5.69 Å². The van der Waals surface area contributed by atoms with Crippen molar-refractivity contribution in [3.63, 3.8) is 0 Å². The Kier molecular flexibility index (Phi) is 4.12. The van der Waals surface area contributed by atoms with Crippen molar-refractivity contribution in [2.45, 2.75) is 26.3 Å². The molecule has 1 heterocycles. The van der Waals surface area contributed by atoms with E-state index < -0.39 is 6.04 Å². The molecule has 2 N–H and O–H groups in total. The van der Waals surface area contributed by atoms with Gasteiger partial charge >= 0.3 is 0 Å². The van der Waals surface area contributed by atoms with Crippen molar-refractivity contribution in [3.8, 4) is 5.69 Å². The maximum absolute atomic E-state index is 12.3. The first-order valence-corrected chi connectivity index (χ1v) is 6.49. The number of hydrogen-bond acceptors (Lipinski definition) is 3. The van der Waals surface area contributed by atoms with E-state index in [1.165, 1.54) is 0 Å². The molecule has 19 heavy (non-hydrogen) atoms. The van der Waals surface area contributed by atoms with E-state index in [4.69, 9.17) is 5.73 Å². The van der Waals surface area contributed by atoms with Gasteiger partial charge in [-0.15, -0.1) is 0 Å². The molecule has 0 saturated carbocycles. The molecule has 0 aliphatic heterocycles. The lowest BCUT2D eigenvalue weighted by Gasteiger charge is -2.14. The predicted octanol–water partition coefficient (Wildman–Crippen LogP) is 2.43. The van der Waals surface area contributed by atoms with E-state index in [9.17, 15) is 4.79 Å². The zero-order valence-electron chi connectivity index (χ0n) is 11.3. The number of carbonyl (C=O) groups excluding carboxylic acids is 1. The Morgan fingerprint density at radius 2 is 1.95 bits per heavy atom. The van der Waals surface area contributed by atoms with Gasteiger partial charge in [-0.3, -0.25) is 4.79 Å². The lowest BCUT2D eigenvalue weighted by Crippen LogP contribution is -2.33. The number of Topliss-reactive ketones (excluding diaryl/α,β-unsaturated/α-hetero) is 1. The summed E-state index contributed by atoms with van der Waals surface area (Å²) in [4.78, 5) is 12.3. The zero-order chi connectivity index (χ0) is 13.8. The van der Waals surface area contributed by atoms with Crippen LogP contribution in [-0.4, -0.2) is 21.6 Å². The summed E-state index contributed by atoms with van der Waals surface area (Å²) in [7, 11) is 0. The molecule has 100 valence electrons. The van der Waals surface area contributed by atoms with Crippen molar-refractivity contribution in [1.82, 2.24) is 9.78 Å². The van der Waals surface area contributed by atoms with Crippen LogP contribution in [0, 0.1) is 5.92 Å². The van der Waals surface area contributed by atoms with Crippen LogP contribution in [0.25, 0.3) is 5.69 Å². The van der Waals surface area contributed by atoms with Gasteiger partial charge in [0.05, 0.1) is 17.9 Å². The Balaban J connectivity index is 2.27. The summed E-state index contributed by atoms with van der Waals surface area (Å²) in [5, 5.41) is 4.21. The maximum atomic E-state index is 12.3. The Morgan fingerprint density at radius 3 is 2.58 bits per heavy atom. The van der Waals surface area contributed by atoms with E-state index in [1.54, 1.807) is 16.9 Å². The van der Waals surface area contributed by atoms with Crippen LogP contribution in [0.4, 0.5) is 0 Å². The van der Waals surface area contributed by atoms with E-state index in [1.807, 2.05) is 30.3 Å². The first kappa shape index (κ1) is 13.5. The molecular formula is C15H19N3O.